The molecule has 1 aliphatic rings. The molecule has 1 atom stereocenters. The zero-order valence-electron chi connectivity index (χ0n) is 10.9. The molecule has 2 aromatic carbocycles. The summed E-state index contributed by atoms with van der Waals surface area (Å²) in [6.45, 7) is 4.25. The number of hydrogen-bond acceptors (Lipinski definition) is 1. The highest BCUT2D eigenvalue weighted by Gasteiger charge is 2.20. The van der Waals surface area contributed by atoms with Gasteiger partial charge in [-0.1, -0.05) is 47.5 Å². The van der Waals surface area contributed by atoms with Gasteiger partial charge in [-0.15, -0.1) is 0 Å². The maximum Gasteiger partial charge on any atom is 0.124 e. The van der Waals surface area contributed by atoms with Crippen LogP contribution in [0.2, 0.25) is 0 Å². The molecule has 0 fully saturated rings. The lowest BCUT2D eigenvalue weighted by Gasteiger charge is -2.26. The van der Waals surface area contributed by atoms with E-state index in [0.29, 0.717) is 0 Å². The van der Waals surface area contributed by atoms with Crippen molar-refractivity contribution in [2.24, 2.45) is 0 Å². The summed E-state index contributed by atoms with van der Waals surface area (Å²) in [6, 6.07) is 15.1. The molecule has 0 amide bonds. The molecule has 3 rings (SSSR count). The summed E-state index contributed by atoms with van der Waals surface area (Å²) in [5.41, 5.74) is 5.24. The molecule has 0 saturated heterocycles. The van der Waals surface area contributed by atoms with Crippen LogP contribution in [0.3, 0.4) is 0 Å². The first-order valence-corrected chi connectivity index (χ1v) is 6.55. The second-order valence-electron chi connectivity index (χ2n) is 5.17. The van der Waals surface area contributed by atoms with Gasteiger partial charge in [0, 0.05) is 0 Å². The summed E-state index contributed by atoms with van der Waals surface area (Å²) >= 11 is 0. The van der Waals surface area contributed by atoms with Gasteiger partial charge < -0.3 is 4.74 Å². The highest BCUT2D eigenvalue weighted by Crippen LogP contribution is 2.35. The SMILES string of the molecule is Cc1ccc([C@@H]2CCc3cc(C)ccc3O2)cc1. The van der Waals surface area contributed by atoms with E-state index in [1.165, 1.54) is 22.3 Å². The Morgan fingerprint density at radius 1 is 0.944 bits per heavy atom. The van der Waals surface area contributed by atoms with E-state index in [0.717, 1.165) is 18.6 Å². The van der Waals surface area contributed by atoms with Crippen LogP contribution in [0.4, 0.5) is 0 Å². The fourth-order valence-corrected chi connectivity index (χ4v) is 2.53. The predicted octanol–water partition coefficient (Wildman–Crippen LogP) is 4.37. The largest absolute Gasteiger partial charge is 0.485 e. The molecule has 1 heterocycles. The van der Waals surface area contributed by atoms with Gasteiger partial charge in [0.05, 0.1) is 0 Å². The first kappa shape index (κ1) is 11.3. The third-order valence-electron chi connectivity index (χ3n) is 3.61. The number of benzene rings is 2. The van der Waals surface area contributed by atoms with Gasteiger partial charge in [0.1, 0.15) is 11.9 Å². The smallest absolute Gasteiger partial charge is 0.124 e. The monoisotopic (exact) mass is 238 g/mol. The summed E-state index contributed by atoms with van der Waals surface area (Å²) in [4.78, 5) is 0. The normalized spacial score (nSPS) is 18.0. The Hall–Kier alpha value is -1.76. The molecular formula is C17H18O. The molecule has 1 nitrogen and oxygen atoms in total. The van der Waals surface area contributed by atoms with Crippen molar-refractivity contribution in [2.45, 2.75) is 32.8 Å². The number of aryl methyl sites for hydroxylation is 3. The van der Waals surface area contributed by atoms with E-state index in [1.807, 2.05) is 0 Å². The Labute approximate surface area is 108 Å². The maximum absolute atomic E-state index is 6.11. The minimum Gasteiger partial charge on any atom is -0.485 e. The maximum atomic E-state index is 6.11. The molecule has 0 saturated carbocycles. The van der Waals surface area contributed by atoms with Crippen LogP contribution in [0.25, 0.3) is 0 Å². The minimum absolute atomic E-state index is 0.209. The minimum atomic E-state index is 0.209. The molecule has 0 spiro atoms. The Bertz CT molecular complexity index is 554. The number of hydrogen-bond donors (Lipinski definition) is 0. The standard InChI is InChI=1S/C17H18O/c1-12-3-6-14(7-4-12)16-10-8-15-11-13(2)5-9-17(15)18-16/h3-7,9,11,16H,8,10H2,1-2H3/t16-/m0/s1. The van der Waals surface area contributed by atoms with Gasteiger partial charge in [-0.25, -0.2) is 0 Å². The van der Waals surface area contributed by atoms with E-state index < -0.39 is 0 Å². The summed E-state index contributed by atoms with van der Waals surface area (Å²) in [7, 11) is 0. The molecule has 0 bridgehead atoms. The molecule has 2 aromatic rings. The van der Waals surface area contributed by atoms with E-state index in [-0.39, 0.29) is 6.10 Å². The first-order valence-electron chi connectivity index (χ1n) is 6.55. The highest BCUT2D eigenvalue weighted by molar-refractivity contribution is 5.39. The van der Waals surface area contributed by atoms with Crippen LogP contribution in [-0.4, -0.2) is 0 Å². The van der Waals surface area contributed by atoms with Crippen LogP contribution in [0.15, 0.2) is 42.5 Å². The quantitative estimate of drug-likeness (QED) is 0.716. The van der Waals surface area contributed by atoms with E-state index >= 15 is 0 Å². The van der Waals surface area contributed by atoms with Crippen LogP contribution in [0.5, 0.6) is 5.75 Å². The van der Waals surface area contributed by atoms with Crippen molar-refractivity contribution in [1.29, 1.82) is 0 Å². The van der Waals surface area contributed by atoms with Crippen molar-refractivity contribution < 1.29 is 4.74 Å². The van der Waals surface area contributed by atoms with Gasteiger partial charge in [0.15, 0.2) is 0 Å². The number of fused-ring (bicyclic) bond motifs is 1. The van der Waals surface area contributed by atoms with Gasteiger partial charge in [-0.2, -0.15) is 0 Å². The summed E-state index contributed by atoms with van der Waals surface area (Å²) < 4.78 is 6.11. The second-order valence-corrected chi connectivity index (χ2v) is 5.17. The summed E-state index contributed by atoms with van der Waals surface area (Å²) in [5.74, 6) is 1.05. The Morgan fingerprint density at radius 3 is 2.44 bits per heavy atom. The van der Waals surface area contributed by atoms with E-state index in [9.17, 15) is 0 Å². The summed E-state index contributed by atoms with van der Waals surface area (Å²) in [6.07, 6.45) is 2.38. The highest BCUT2D eigenvalue weighted by atomic mass is 16.5. The Kier molecular flexibility index (Phi) is 2.83. The Morgan fingerprint density at radius 2 is 1.67 bits per heavy atom. The van der Waals surface area contributed by atoms with Crippen molar-refractivity contribution in [3.8, 4) is 5.75 Å². The molecule has 0 radical (unpaired) electrons. The van der Waals surface area contributed by atoms with Crippen molar-refractivity contribution in [3.05, 3.63) is 64.7 Å². The van der Waals surface area contributed by atoms with E-state index in [1.54, 1.807) is 0 Å². The van der Waals surface area contributed by atoms with Crippen LogP contribution in [0, 0.1) is 13.8 Å². The van der Waals surface area contributed by atoms with Gasteiger partial charge in [0.2, 0.25) is 0 Å². The van der Waals surface area contributed by atoms with Crippen LogP contribution < -0.4 is 4.74 Å². The molecule has 0 unspecified atom stereocenters. The molecule has 1 heteroatoms. The topological polar surface area (TPSA) is 9.23 Å². The van der Waals surface area contributed by atoms with Gasteiger partial charge >= 0.3 is 0 Å². The van der Waals surface area contributed by atoms with E-state index in [4.69, 9.17) is 4.74 Å². The third kappa shape index (κ3) is 2.13. The zero-order valence-corrected chi connectivity index (χ0v) is 10.9. The predicted molar refractivity (Wildman–Crippen MR) is 74.0 cm³/mol. The van der Waals surface area contributed by atoms with Gasteiger partial charge in [-0.3, -0.25) is 0 Å². The van der Waals surface area contributed by atoms with Gasteiger partial charge in [0.25, 0.3) is 0 Å². The van der Waals surface area contributed by atoms with Crippen LogP contribution in [0.1, 0.15) is 34.8 Å². The Balaban J connectivity index is 1.86. The van der Waals surface area contributed by atoms with Crippen molar-refractivity contribution >= 4 is 0 Å². The zero-order chi connectivity index (χ0) is 12.5. The molecule has 1 aliphatic heterocycles. The lowest BCUT2D eigenvalue weighted by Crippen LogP contribution is -2.15. The summed E-state index contributed by atoms with van der Waals surface area (Å²) in [5, 5.41) is 0. The van der Waals surface area contributed by atoms with Crippen molar-refractivity contribution in [1.82, 2.24) is 0 Å². The number of rotatable bonds is 1. The fourth-order valence-electron chi connectivity index (χ4n) is 2.53. The average Bonchev–Trinajstić information content (AvgIpc) is 2.39. The van der Waals surface area contributed by atoms with Crippen LogP contribution in [-0.2, 0) is 6.42 Å². The molecule has 0 aromatic heterocycles. The fraction of sp³-hybridized carbons (Fsp3) is 0.294. The first-order chi connectivity index (χ1) is 8.72. The average molecular weight is 238 g/mol. The van der Waals surface area contributed by atoms with Crippen molar-refractivity contribution in [2.75, 3.05) is 0 Å². The number of ether oxygens (including phenoxy) is 1. The second kappa shape index (κ2) is 4.49. The molecule has 0 N–H and O–H groups in total. The van der Waals surface area contributed by atoms with Crippen LogP contribution >= 0.6 is 0 Å². The molecule has 18 heavy (non-hydrogen) atoms. The molecule has 92 valence electrons. The molecule has 0 aliphatic carbocycles. The third-order valence-corrected chi connectivity index (χ3v) is 3.61. The lowest BCUT2D eigenvalue weighted by atomic mass is 9.96. The van der Waals surface area contributed by atoms with Gasteiger partial charge in [-0.05, 0) is 43.9 Å². The molecular weight excluding hydrogens is 220 g/mol. The van der Waals surface area contributed by atoms with E-state index in [2.05, 4.69) is 56.3 Å². The lowest BCUT2D eigenvalue weighted by molar-refractivity contribution is 0.176. The van der Waals surface area contributed by atoms with Crippen molar-refractivity contribution in [3.63, 3.8) is 0 Å².